The lowest BCUT2D eigenvalue weighted by atomic mass is 10.1. The average molecular weight is 375 g/mol. The van der Waals surface area contributed by atoms with Crippen molar-refractivity contribution in [2.45, 2.75) is 13.0 Å². The molecule has 1 aromatic rings. The summed E-state index contributed by atoms with van der Waals surface area (Å²) in [6, 6.07) is 6.08. The maximum absolute atomic E-state index is 12.5. The van der Waals surface area contributed by atoms with E-state index in [-0.39, 0.29) is 12.5 Å². The first-order valence-electron chi connectivity index (χ1n) is 9.49. The molecule has 2 amide bonds. The number of amides is 2. The fourth-order valence-corrected chi connectivity index (χ4v) is 3.66. The van der Waals surface area contributed by atoms with Gasteiger partial charge in [0.2, 0.25) is 5.91 Å². The molecule has 146 valence electrons. The maximum atomic E-state index is 12.5. The van der Waals surface area contributed by atoms with Crippen molar-refractivity contribution in [3.05, 3.63) is 23.8 Å². The zero-order valence-corrected chi connectivity index (χ0v) is 15.4. The number of rotatable bonds is 4. The predicted octanol–water partition coefficient (Wildman–Crippen LogP) is 0.944. The monoisotopic (exact) mass is 375 g/mol. The Morgan fingerprint density at radius 1 is 0.926 bits per heavy atom. The minimum Gasteiger partial charge on any atom is -0.486 e. The molecule has 3 aliphatic heterocycles. The lowest BCUT2D eigenvalue weighted by Gasteiger charge is -2.24. The normalized spacial score (nSPS) is 20.4. The van der Waals surface area contributed by atoms with E-state index in [9.17, 15) is 9.59 Å². The van der Waals surface area contributed by atoms with Gasteiger partial charge in [-0.2, -0.15) is 0 Å². The van der Waals surface area contributed by atoms with Crippen LogP contribution >= 0.6 is 0 Å². The summed E-state index contributed by atoms with van der Waals surface area (Å²) in [5.41, 5.74) is 1.18. The Morgan fingerprint density at radius 3 is 2.59 bits per heavy atom. The fourth-order valence-electron chi connectivity index (χ4n) is 3.66. The lowest BCUT2D eigenvalue weighted by molar-refractivity contribution is -0.131. The summed E-state index contributed by atoms with van der Waals surface area (Å²) in [7, 11) is 0. The van der Waals surface area contributed by atoms with E-state index in [1.54, 1.807) is 0 Å². The molecule has 27 heavy (non-hydrogen) atoms. The van der Waals surface area contributed by atoms with E-state index in [1.165, 1.54) is 10.5 Å². The van der Waals surface area contributed by atoms with Crippen LogP contribution in [0.3, 0.4) is 0 Å². The first-order valence-corrected chi connectivity index (χ1v) is 9.49. The summed E-state index contributed by atoms with van der Waals surface area (Å²) >= 11 is 0. The topological polar surface area (TPSA) is 71.6 Å². The van der Waals surface area contributed by atoms with Crippen LogP contribution in [0.25, 0.3) is 0 Å². The standard InChI is InChI=1S/C19H25N3O5/c23-18(14-22-8-9-27-19(22)24)21-5-1-4-20(6-7-21)13-15-2-3-16-17(12-15)26-11-10-25-16/h2-3,12H,1,4-11,13-14H2. The van der Waals surface area contributed by atoms with Crippen molar-refractivity contribution in [2.24, 2.45) is 0 Å². The molecule has 3 heterocycles. The second-order valence-corrected chi connectivity index (χ2v) is 7.02. The second-order valence-electron chi connectivity index (χ2n) is 7.02. The van der Waals surface area contributed by atoms with Gasteiger partial charge in [0.25, 0.3) is 0 Å². The highest BCUT2D eigenvalue weighted by molar-refractivity contribution is 5.82. The molecule has 3 aliphatic rings. The van der Waals surface area contributed by atoms with E-state index >= 15 is 0 Å². The Bertz CT molecular complexity index is 711. The van der Waals surface area contributed by atoms with Gasteiger partial charge in [-0.05, 0) is 24.1 Å². The van der Waals surface area contributed by atoms with Crippen molar-refractivity contribution in [2.75, 3.05) is 59.1 Å². The smallest absolute Gasteiger partial charge is 0.410 e. The van der Waals surface area contributed by atoms with Crippen LogP contribution in [0.2, 0.25) is 0 Å². The van der Waals surface area contributed by atoms with Gasteiger partial charge in [-0.3, -0.25) is 14.6 Å². The van der Waals surface area contributed by atoms with Crippen LogP contribution in [0.4, 0.5) is 4.79 Å². The number of benzene rings is 1. The number of nitrogens with zero attached hydrogens (tertiary/aromatic N) is 3. The van der Waals surface area contributed by atoms with Crippen LogP contribution in [0.15, 0.2) is 18.2 Å². The molecule has 0 saturated carbocycles. The number of hydrogen-bond donors (Lipinski definition) is 0. The molecule has 0 spiro atoms. The van der Waals surface area contributed by atoms with Crippen molar-refractivity contribution < 1.29 is 23.8 Å². The number of fused-ring (bicyclic) bond motifs is 1. The van der Waals surface area contributed by atoms with Gasteiger partial charge >= 0.3 is 6.09 Å². The largest absolute Gasteiger partial charge is 0.486 e. The van der Waals surface area contributed by atoms with Gasteiger partial charge in [-0.15, -0.1) is 0 Å². The molecule has 2 fully saturated rings. The molecular weight excluding hydrogens is 350 g/mol. The van der Waals surface area contributed by atoms with Gasteiger partial charge in [0.1, 0.15) is 26.4 Å². The van der Waals surface area contributed by atoms with Crippen LogP contribution in [0, 0.1) is 0 Å². The average Bonchev–Trinajstić information content (AvgIpc) is 2.94. The Kier molecular flexibility index (Phi) is 5.33. The molecule has 0 atom stereocenters. The van der Waals surface area contributed by atoms with Gasteiger partial charge in [0, 0.05) is 32.7 Å². The second kappa shape index (κ2) is 8.04. The Morgan fingerprint density at radius 2 is 1.78 bits per heavy atom. The zero-order valence-electron chi connectivity index (χ0n) is 15.4. The third-order valence-electron chi connectivity index (χ3n) is 5.13. The summed E-state index contributed by atoms with van der Waals surface area (Å²) in [5.74, 6) is 1.61. The van der Waals surface area contributed by atoms with Crippen LogP contribution < -0.4 is 9.47 Å². The summed E-state index contributed by atoms with van der Waals surface area (Å²) in [6.45, 7) is 6.11. The predicted molar refractivity (Wildman–Crippen MR) is 96.8 cm³/mol. The summed E-state index contributed by atoms with van der Waals surface area (Å²) < 4.78 is 16.1. The Labute approximate surface area is 158 Å². The van der Waals surface area contributed by atoms with Crippen molar-refractivity contribution in [3.63, 3.8) is 0 Å². The van der Waals surface area contributed by atoms with E-state index in [1.807, 2.05) is 17.0 Å². The molecule has 0 aliphatic carbocycles. The summed E-state index contributed by atoms with van der Waals surface area (Å²) in [4.78, 5) is 29.7. The minimum absolute atomic E-state index is 0.00460. The van der Waals surface area contributed by atoms with E-state index < -0.39 is 6.09 Å². The van der Waals surface area contributed by atoms with Crippen molar-refractivity contribution in [1.29, 1.82) is 0 Å². The van der Waals surface area contributed by atoms with E-state index in [4.69, 9.17) is 14.2 Å². The molecular formula is C19H25N3O5. The van der Waals surface area contributed by atoms with Gasteiger partial charge in [0.15, 0.2) is 11.5 Å². The van der Waals surface area contributed by atoms with Gasteiger partial charge < -0.3 is 19.1 Å². The first-order chi connectivity index (χ1) is 13.2. The number of hydrogen-bond acceptors (Lipinski definition) is 6. The van der Waals surface area contributed by atoms with Crippen LogP contribution in [-0.4, -0.2) is 85.8 Å². The van der Waals surface area contributed by atoms with Crippen LogP contribution in [0.5, 0.6) is 11.5 Å². The number of carbonyl (C=O) groups excluding carboxylic acids is 2. The number of ether oxygens (including phenoxy) is 3. The molecule has 8 heteroatoms. The highest BCUT2D eigenvalue weighted by Gasteiger charge is 2.27. The zero-order chi connectivity index (χ0) is 18.6. The van der Waals surface area contributed by atoms with Crippen molar-refractivity contribution in [3.8, 4) is 11.5 Å². The first kappa shape index (κ1) is 17.9. The van der Waals surface area contributed by atoms with Gasteiger partial charge in [0.05, 0.1) is 6.54 Å². The van der Waals surface area contributed by atoms with E-state index in [2.05, 4.69) is 11.0 Å². The molecule has 8 nitrogen and oxygen atoms in total. The Balaban J connectivity index is 1.30. The van der Waals surface area contributed by atoms with Crippen molar-refractivity contribution >= 4 is 12.0 Å². The number of carbonyl (C=O) groups is 2. The van der Waals surface area contributed by atoms with Gasteiger partial charge in [-0.25, -0.2) is 4.79 Å². The molecule has 1 aromatic carbocycles. The molecule has 0 bridgehead atoms. The van der Waals surface area contributed by atoms with Crippen molar-refractivity contribution in [1.82, 2.24) is 14.7 Å². The number of cyclic esters (lactones) is 1. The van der Waals surface area contributed by atoms with Crippen LogP contribution in [0.1, 0.15) is 12.0 Å². The van der Waals surface area contributed by atoms with Crippen LogP contribution in [-0.2, 0) is 16.1 Å². The maximum Gasteiger partial charge on any atom is 0.410 e. The lowest BCUT2D eigenvalue weighted by Crippen LogP contribution is -2.42. The quantitative estimate of drug-likeness (QED) is 0.780. The summed E-state index contributed by atoms with van der Waals surface area (Å²) in [5, 5.41) is 0. The van der Waals surface area contributed by atoms with E-state index in [0.29, 0.717) is 32.9 Å². The Hall–Kier alpha value is -2.48. The minimum atomic E-state index is -0.390. The molecule has 0 radical (unpaired) electrons. The highest BCUT2D eigenvalue weighted by Crippen LogP contribution is 2.31. The van der Waals surface area contributed by atoms with Gasteiger partial charge in [-0.1, -0.05) is 6.07 Å². The molecule has 0 aromatic heterocycles. The molecule has 2 saturated heterocycles. The summed E-state index contributed by atoms with van der Waals surface area (Å²) in [6.07, 6.45) is 0.527. The molecule has 4 rings (SSSR count). The molecule has 0 unspecified atom stereocenters. The highest BCUT2D eigenvalue weighted by atomic mass is 16.6. The third kappa shape index (κ3) is 4.27. The molecule has 0 N–H and O–H groups in total. The fraction of sp³-hybridized carbons (Fsp3) is 0.579. The van der Waals surface area contributed by atoms with E-state index in [0.717, 1.165) is 44.1 Å². The third-order valence-corrected chi connectivity index (χ3v) is 5.13. The SMILES string of the molecule is O=C(CN1CCOC1=O)N1CCCN(Cc2ccc3c(c2)OCCO3)CC1.